The second-order valence-corrected chi connectivity index (χ2v) is 3.68. The molecule has 1 saturated heterocycles. The molecule has 1 rings (SSSR count). The zero-order chi connectivity index (χ0) is 10.4. The van der Waals surface area contributed by atoms with Crippen molar-refractivity contribution in [2.75, 3.05) is 19.6 Å². The number of likely N-dealkylation sites (tertiary alicyclic amines) is 1. The molecule has 0 saturated carbocycles. The lowest BCUT2D eigenvalue weighted by Gasteiger charge is -2.32. The number of carbonyl (C=O) groups is 1. The number of nitrogens with zero attached hydrogens (tertiary/aromatic N) is 1. The van der Waals surface area contributed by atoms with Crippen LogP contribution in [0.5, 0.6) is 0 Å². The van der Waals surface area contributed by atoms with Gasteiger partial charge in [0.2, 0.25) is 6.41 Å². The van der Waals surface area contributed by atoms with Gasteiger partial charge in [-0.05, 0) is 25.2 Å². The smallest absolute Gasteiger partial charge is 0.207 e. The number of piperidine rings is 1. The van der Waals surface area contributed by atoms with Crippen LogP contribution < -0.4 is 11.1 Å². The summed E-state index contributed by atoms with van der Waals surface area (Å²) in [5.41, 5.74) is 5.38. The quantitative estimate of drug-likeness (QED) is 0.252. The molecule has 0 bridgehead atoms. The Morgan fingerprint density at radius 3 is 2.71 bits per heavy atom. The van der Waals surface area contributed by atoms with Gasteiger partial charge < -0.3 is 16.0 Å². The average molecular weight is 198 g/mol. The van der Waals surface area contributed by atoms with Gasteiger partial charge in [-0.15, -0.1) is 0 Å². The maximum atomic E-state index is 10.0. The van der Waals surface area contributed by atoms with Crippen LogP contribution in [0.3, 0.4) is 0 Å². The Bertz CT molecular complexity index is 199. The van der Waals surface area contributed by atoms with Crippen LogP contribution in [0.2, 0.25) is 0 Å². The molecule has 1 aliphatic rings. The van der Waals surface area contributed by atoms with Gasteiger partial charge >= 0.3 is 0 Å². The van der Waals surface area contributed by atoms with Gasteiger partial charge in [-0.25, -0.2) is 0 Å². The van der Waals surface area contributed by atoms with Gasteiger partial charge in [-0.1, -0.05) is 0 Å². The summed E-state index contributed by atoms with van der Waals surface area (Å²) in [4.78, 5) is 11.9. The molecule has 80 valence electrons. The number of carbonyl (C=O) groups excluding carboxylic acids is 1. The number of amides is 1. The minimum absolute atomic E-state index is 0.175. The third-order valence-corrected chi connectivity index (χ3v) is 2.74. The number of hydrogen-bond donors (Lipinski definition) is 3. The van der Waals surface area contributed by atoms with Crippen LogP contribution in [0.1, 0.15) is 19.3 Å². The van der Waals surface area contributed by atoms with E-state index >= 15 is 0 Å². The third kappa shape index (κ3) is 3.24. The molecule has 0 aromatic heterocycles. The van der Waals surface area contributed by atoms with E-state index in [-0.39, 0.29) is 5.96 Å². The normalized spacial score (nSPS) is 17.9. The second kappa shape index (κ2) is 5.47. The minimum Gasteiger partial charge on any atom is -0.370 e. The molecule has 0 unspecified atom stereocenters. The van der Waals surface area contributed by atoms with Crippen LogP contribution in [0.25, 0.3) is 0 Å². The van der Waals surface area contributed by atoms with Gasteiger partial charge in [-0.2, -0.15) is 0 Å². The van der Waals surface area contributed by atoms with Crippen LogP contribution in [-0.2, 0) is 4.79 Å². The first-order chi connectivity index (χ1) is 6.74. The first-order valence-electron chi connectivity index (χ1n) is 5.00. The zero-order valence-corrected chi connectivity index (χ0v) is 8.33. The fraction of sp³-hybridized carbons (Fsp3) is 0.778. The van der Waals surface area contributed by atoms with Gasteiger partial charge in [0.25, 0.3) is 0 Å². The third-order valence-electron chi connectivity index (χ3n) is 2.74. The number of nitrogens with one attached hydrogen (secondary N) is 2. The molecular formula is C9H18N4O. The van der Waals surface area contributed by atoms with Crippen molar-refractivity contribution < 1.29 is 4.79 Å². The first-order valence-corrected chi connectivity index (χ1v) is 5.00. The summed E-state index contributed by atoms with van der Waals surface area (Å²) in [6.07, 6.45) is 3.91. The monoisotopic (exact) mass is 198 g/mol. The van der Waals surface area contributed by atoms with Crippen molar-refractivity contribution in [2.45, 2.75) is 19.3 Å². The molecule has 1 aliphatic heterocycles. The number of rotatable bonds is 4. The topological polar surface area (TPSA) is 82.2 Å². The van der Waals surface area contributed by atoms with E-state index in [1.807, 2.05) is 4.90 Å². The Balaban J connectivity index is 2.15. The molecule has 1 fully saturated rings. The van der Waals surface area contributed by atoms with Crippen LogP contribution in [-0.4, -0.2) is 36.9 Å². The summed E-state index contributed by atoms with van der Waals surface area (Å²) < 4.78 is 0. The van der Waals surface area contributed by atoms with Gasteiger partial charge in [0.15, 0.2) is 5.96 Å². The Hall–Kier alpha value is -1.26. The van der Waals surface area contributed by atoms with Crippen molar-refractivity contribution in [3.63, 3.8) is 0 Å². The predicted molar refractivity (Wildman–Crippen MR) is 54.9 cm³/mol. The van der Waals surface area contributed by atoms with Crippen LogP contribution in [0, 0.1) is 11.3 Å². The highest BCUT2D eigenvalue weighted by Gasteiger charge is 2.19. The van der Waals surface area contributed by atoms with Crippen LogP contribution in [0.15, 0.2) is 0 Å². The van der Waals surface area contributed by atoms with E-state index in [0.717, 1.165) is 45.3 Å². The van der Waals surface area contributed by atoms with Crippen LogP contribution in [0.4, 0.5) is 0 Å². The molecule has 0 spiro atoms. The van der Waals surface area contributed by atoms with Crippen molar-refractivity contribution in [3.05, 3.63) is 0 Å². The molecule has 5 heteroatoms. The Morgan fingerprint density at radius 2 is 2.21 bits per heavy atom. The van der Waals surface area contributed by atoms with Gasteiger partial charge in [-0.3, -0.25) is 10.2 Å². The van der Waals surface area contributed by atoms with E-state index in [1.54, 1.807) is 0 Å². The predicted octanol–water partition coefficient (Wildman–Crippen LogP) is -0.272. The molecule has 0 aromatic rings. The van der Waals surface area contributed by atoms with Gasteiger partial charge in [0.1, 0.15) is 0 Å². The van der Waals surface area contributed by atoms with Crippen molar-refractivity contribution in [2.24, 2.45) is 11.7 Å². The Labute approximate surface area is 84.1 Å². The largest absolute Gasteiger partial charge is 0.370 e. The fourth-order valence-electron chi connectivity index (χ4n) is 1.81. The summed E-state index contributed by atoms with van der Waals surface area (Å²) >= 11 is 0. The van der Waals surface area contributed by atoms with E-state index in [0.29, 0.717) is 5.92 Å². The second-order valence-electron chi connectivity index (χ2n) is 3.68. The molecule has 4 N–H and O–H groups in total. The Kier molecular flexibility index (Phi) is 4.22. The summed E-state index contributed by atoms with van der Waals surface area (Å²) in [6, 6.07) is 0. The standard InChI is InChI=1S/C9H18N4O/c10-9(11)13-5-2-8(3-6-13)1-4-12-7-14/h7-8H,1-6H2,(H3,10,11)(H,12,14). The summed E-state index contributed by atoms with van der Waals surface area (Å²) in [6.45, 7) is 2.51. The number of hydrogen-bond acceptors (Lipinski definition) is 2. The Morgan fingerprint density at radius 1 is 1.57 bits per heavy atom. The van der Waals surface area contributed by atoms with Crippen molar-refractivity contribution >= 4 is 12.4 Å². The van der Waals surface area contributed by atoms with Crippen molar-refractivity contribution in [1.29, 1.82) is 5.41 Å². The van der Waals surface area contributed by atoms with E-state index in [4.69, 9.17) is 11.1 Å². The maximum Gasteiger partial charge on any atom is 0.207 e. The summed E-state index contributed by atoms with van der Waals surface area (Å²) in [7, 11) is 0. The van der Waals surface area contributed by atoms with Gasteiger partial charge in [0, 0.05) is 19.6 Å². The molecular weight excluding hydrogens is 180 g/mol. The minimum atomic E-state index is 0.175. The lowest BCUT2D eigenvalue weighted by molar-refractivity contribution is -0.109. The van der Waals surface area contributed by atoms with E-state index in [1.165, 1.54) is 0 Å². The number of nitrogens with two attached hydrogens (primary N) is 1. The van der Waals surface area contributed by atoms with Crippen LogP contribution >= 0.6 is 0 Å². The SMILES string of the molecule is N=C(N)N1CCC(CCNC=O)CC1. The van der Waals surface area contributed by atoms with E-state index in [2.05, 4.69) is 5.32 Å². The summed E-state index contributed by atoms with van der Waals surface area (Å²) in [5, 5.41) is 9.94. The van der Waals surface area contributed by atoms with Crippen molar-refractivity contribution in [3.8, 4) is 0 Å². The van der Waals surface area contributed by atoms with E-state index in [9.17, 15) is 4.79 Å². The van der Waals surface area contributed by atoms with Gasteiger partial charge in [0.05, 0.1) is 0 Å². The molecule has 0 aliphatic carbocycles. The lowest BCUT2D eigenvalue weighted by Crippen LogP contribution is -2.42. The highest BCUT2D eigenvalue weighted by molar-refractivity contribution is 5.74. The molecule has 0 atom stereocenters. The molecule has 0 aromatic carbocycles. The molecule has 14 heavy (non-hydrogen) atoms. The number of guanidine groups is 1. The highest BCUT2D eigenvalue weighted by Crippen LogP contribution is 2.19. The maximum absolute atomic E-state index is 10.0. The zero-order valence-electron chi connectivity index (χ0n) is 8.33. The average Bonchev–Trinajstić information content (AvgIpc) is 2.19. The highest BCUT2D eigenvalue weighted by atomic mass is 16.1. The molecule has 5 nitrogen and oxygen atoms in total. The molecule has 1 heterocycles. The first kappa shape index (κ1) is 10.8. The molecule has 1 amide bonds. The molecule has 0 radical (unpaired) electrons. The summed E-state index contributed by atoms with van der Waals surface area (Å²) in [5.74, 6) is 0.840. The fourth-order valence-corrected chi connectivity index (χ4v) is 1.81. The lowest BCUT2D eigenvalue weighted by atomic mass is 9.94. The van der Waals surface area contributed by atoms with Crippen molar-refractivity contribution in [1.82, 2.24) is 10.2 Å². The van der Waals surface area contributed by atoms with E-state index < -0.39 is 0 Å².